The summed E-state index contributed by atoms with van der Waals surface area (Å²) >= 11 is 0. The third-order valence-electron chi connectivity index (χ3n) is 3.94. The minimum Gasteiger partial charge on any atom is -0.391 e. The smallest absolute Gasteiger partial charge is 0.227 e. The van der Waals surface area contributed by atoms with Crippen molar-refractivity contribution in [3.8, 4) is 0 Å². The zero-order valence-corrected chi connectivity index (χ0v) is 11.0. The van der Waals surface area contributed by atoms with Gasteiger partial charge in [-0.2, -0.15) is 0 Å². The molecule has 0 aromatic heterocycles. The number of ether oxygens (including phenoxy) is 1. The van der Waals surface area contributed by atoms with Gasteiger partial charge in [0.2, 0.25) is 5.91 Å². The van der Waals surface area contributed by atoms with E-state index in [1.165, 1.54) is 0 Å². The Bertz CT molecular complexity index is 285. The summed E-state index contributed by atoms with van der Waals surface area (Å²) in [6.45, 7) is 3.94. The summed E-state index contributed by atoms with van der Waals surface area (Å²) < 4.78 is 5.37. The van der Waals surface area contributed by atoms with E-state index in [-0.39, 0.29) is 30.0 Å². The molecule has 0 aromatic rings. The Kier molecular flexibility index (Phi) is 4.97. The molecule has 0 bridgehead atoms. The maximum Gasteiger partial charge on any atom is 0.227 e. The van der Waals surface area contributed by atoms with Crippen molar-refractivity contribution >= 4 is 5.91 Å². The third-order valence-corrected chi connectivity index (χ3v) is 3.94. The molecular weight excluding hydrogens is 232 g/mol. The Morgan fingerprint density at radius 1 is 1.28 bits per heavy atom. The maximum atomic E-state index is 12.2. The maximum absolute atomic E-state index is 12.2. The molecule has 2 rings (SSSR count). The lowest BCUT2D eigenvalue weighted by molar-refractivity contribution is -0.127. The molecule has 1 heterocycles. The van der Waals surface area contributed by atoms with E-state index in [1.807, 2.05) is 6.92 Å². The molecule has 1 aliphatic heterocycles. The first-order valence-electron chi connectivity index (χ1n) is 7.02. The fraction of sp³-hybridized carbons (Fsp3) is 0.923. The van der Waals surface area contributed by atoms with Gasteiger partial charge in [0.05, 0.1) is 31.3 Å². The van der Waals surface area contributed by atoms with Crippen molar-refractivity contribution < 1.29 is 14.6 Å². The van der Waals surface area contributed by atoms with Crippen LogP contribution in [0.2, 0.25) is 0 Å². The van der Waals surface area contributed by atoms with Gasteiger partial charge in [-0.1, -0.05) is 19.8 Å². The Hall–Kier alpha value is -0.650. The van der Waals surface area contributed by atoms with Crippen molar-refractivity contribution in [2.24, 2.45) is 5.92 Å². The molecule has 0 spiro atoms. The van der Waals surface area contributed by atoms with Gasteiger partial charge in [0.15, 0.2) is 0 Å². The van der Waals surface area contributed by atoms with Gasteiger partial charge in [-0.25, -0.2) is 0 Å². The van der Waals surface area contributed by atoms with Crippen molar-refractivity contribution in [1.82, 2.24) is 10.6 Å². The van der Waals surface area contributed by atoms with E-state index in [0.717, 1.165) is 32.2 Å². The summed E-state index contributed by atoms with van der Waals surface area (Å²) in [4.78, 5) is 12.2. The summed E-state index contributed by atoms with van der Waals surface area (Å²) in [5.74, 6) is -0.108. The van der Waals surface area contributed by atoms with E-state index in [2.05, 4.69) is 10.6 Å². The van der Waals surface area contributed by atoms with Crippen LogP contribution < -0.4 is 10.6 Å². The lowest BCUT2D eigenvalue weighted by Crippen LogP contribution is -2.51. The van der Waals surface area contributed by atoms with Crippen LogP contribution in [0, 0.1) is 5.92 Å². The van der Waals surface area contributed by atoms with Gasteiger partial charge in [0, 0.05) is 6.04 Å². The topological polar surface area (TPSA) is 70.6 Å². The Labute approximate surface area is 108 Å². The molecule has 18 heavy (non-hydrogen) atoms. The average molecular weight is 256 g/mol. The summed E-state index contributed by atoms with van der Waals surface area (Å²) in [5, 5.41) is 16.1. The standard InChI is InChI=1S/C13H24N2O3/c1-2-14-11-8-18-7-9(11)13(17)15-10-5-3-4-6-12(10)16/h9-12,14,16H,2-8H2,1H3,(H,15,17)/t9?,10-,11?,12-/m1/s1. The highest BCUT2D eigenvalue weighted by atomic mass is 16.5. The lowest BCUT2D eigenvalue weighted by atomic mass is 9.91. The predicted molar refractivity (Wildman–Crippen MR) is 68.2 cm³/mol. The molecule has 2 aliphatic rings. The predicted octanol–water partition coefficient (Wildman–Crippen LogP) is 0.0306. The molecule has 2 fully saturated rings. The summed E-state index contributed by atoms with van der Waals surface area (Å²) in [6, 6.07) is 0.0323. The van der Waals surface area contributed by atoms with Crippen molar-refractivity contribution in [2.45, 2.75) is 50.8 Å². The van der Waals surface area contributed by atoms with Crippen LogP contribution in [0.15, 0.2) is 0 Å². The van der Waals surface area contributed by atoms with Gasteiger partial charge in [0.25, 0.3) is 0 Å². The fourth-order valence-electron chi connectivity index (χ4n) is 2.85. The number of carbonyl (C=O) groups is 1. The van der Waals surface area contributed by atoms with Crippen LogP contribution in [-0.2, 0) is 9.53 Å². The number of aliphatic hydroxyl groups is 1. The third kappa shape index (κ3) is 3.22. The van der Waals surface area contributed by atoms with Crippen LogP contribution in [0.3, 0.4) is 0 Å². The van der Waals surface area contributed by atoms with Crippen molar-refractivity contribution in [2.75, 3.05) is 19.8 Å². The Morgan fingerprint density at radius 3 is 2.78 bits per heavy atom. The first kappa shape index (κ1) is 13.8. The van der Waals surface area contributed by atoms with Gasteiger partial charge in [-0.15, -0.1) is 0 Å². The van der Waals surface area contributed by atoms with Crippen molar-refractivity contribution in [3.05, 3.63) is 0 Å². The molecule has 104 valence electrons. The molecule has 2 unspecified atom stereocenters. The zero-order chi connectivity index (χ0) is 13.0. The molecule has 1 aliphatic carbocycles. The van der Waals surface area contributed by atoms with Crippen LogP contribution in [-0.4, -0.2) is 49.0 Å². The molecule has 1 amide bonds. The minimum atomic E-state index is -0.386. The van der Waals surface area contributed by atoms with Gasteiger partial charge in [0.1, 0.15) is 0 Å². The second kappa shape index (κ2) is 6.50. The first-order valence-corrected chi connectivity index (χ1v) is 7.02. The minimum absolute atomic E-state index is 0.0180. The lowest BCUT2D eigenvalue weighted by Gasteiger charge is -2.30. The van der Waals surface area contributed by atoms with Gasteiger partial charge in [-0.3, -0.25) is 4.79 Å². The summed E-state index contributed by atoms with van der Waals surface area (Å²) in [5.41, 5.74) is 0. The Balaban J connectivity index is 1.86. The Morgan fingerprint density at radius 2 is 2.06 bits per heavy atom. The van der Waals surface area contributed by atoms with E-state index in [4.69, 9.17) is 4.74 Å². The molecule has 4 atom stereocenters. The monoisotopic (exact) mass is 256 g/mol. The van der Waals surface area contributed by atoms with Crippen LogP contribution in [0.25, 0.3) is 0 Å². The number of rotatable bonds is 4. The molecule has 1 saturated heterocycles. The van der Waals surface area contributed by atoms with Gasteiger partial charge in [-0.05, 0) is 19.4 Å². The molecule has 1 saturated carbocycles. The quantitative estimate of drug-likeness (QED) is 0.664. The molecule has 0 radical (unpaired) electrons. The molecule has 0 aromatic carbocycles. The SMILES string of the molecule is CCNC1COCC1C(=O)N[C@@H]1CCCC[C@H]1O. The number of aliphatic hydroxyl groups excluding tert-OH is 1. The first-order chi connectivity index (χ1) is 8.72. The van der Waals surface area contributed by atoms with E-state index in [0.29, 0.717) is 13.2 Å². The summed E-state index contributed by atoms with van der Waals surface area (Å²) in [6.07, 6.45) is 3.43. The summed E-state index contributed by atoms with van der Waals surface area (Å²) in [7, 11) is 0. The normalized spacial score (nSPS) is 36.6. The van der Waals surface area contributed by atoms with E-state index in [9.17, 15) is 9.90 Å². The fourth-order valence-corrected chi connectivity index (χ4v) is 2.85. The second-order valence-corrected chi connectivity index (χ2v) is 5.28. The second-order valence-electron chi connectivity index (χ2n) is 5.28. The van der Waals surface area contributed by atoms with Gasteiger partial charge >= 0.3 is 0 Å². The highest BCUT2D eigenvalue weighted by molar-refractivity contribution is 5.80. The van der Waals surface area contributed by atoms with Crippen molar-refractivity contribution in [1.29, 1.82) is 0 Å². The number of carbonyl (C=O) groups excluding carboxylic acids is 1. The van der Waals surface area contributed by atoms with Gasteiger partial charge < -0.3 is 20.5 Å². The number of hydrogen-bond acceptors (Lipinski definition) is 4. The van der Waals surface area contributed by atoms with E-state index < -0.39 is 0 Å². The van der Waals surface area contributed by atoms with Crippen LogP contribution in [0.4, 0.5) is 0 Å². The van der Waals surface area contributed by atoms with Crippen LogP contribution in [0.5, 0.6) is 0 Å². The molecule has 5 nitrogen and oxygen atoms in total. The zero-order valence-electron chi connectivity index (χ0n) is 11.0. The van der Waals surface area contributed by atoms with Crippen LogP contribution in [0.1, 0.15) is 32.6 Å². The highest BCUT2D eigenvalue weighted by Gasteiger charge is 2.35. The van der Waals surface area contributed by atoms with Crippen molar-refractivity contribution in [3.63, 3.8) is 0 Å². The molecule has 3 N–H and O–H groups in total. The van der Waals surface area contributed by atoms with Crippen LogP contribution >= 0.6 is 0 Å². The highest BCUT2D eigenvalue weighted by Crippen LogP contribution is 2.20. The average Bonchev–Trinajstić information content (AvgIpc) is 2.81. The van der Waals surface area contributed by atoms with E-state index in [1.54, 1.807) is 0 Å². The molecular formula is C13H24N2O3. The number of amides is 1. The number of nitrogens with one attached hydrogen (secondary N) is 2. The molecule has 5 heteroatoms. The van der Waals surface area contributed by atoms with E-state index >= 15 is 0 Å². The number of likely N-dealkylation sites (N-methyl/N-ethyl adjacent to an activating group) is 1. The largest absolute Gasteiger partial charge is 0.391 e. The number of hydrogen-bond donors (Lipinski definition) is 3.